The minimum atomic E-state index is -0.0251. The molecule has 0 unspecified atom stereocenters. The molecule has 5 heteroatoms. The molecule has 134 valence electrons. The maximum atomic E-state index is 13.5. The number of hydrogen-bond donors (Lipinski definition) is 0. The van der Waals surface area contributed by atoms with Crippen LogP contribution in [-0.2, 0) is 6.54 Å². The molecule has 1 amide bonds. The summed E-state index contributed by atoms with van der Waals surface area (Å²) in [6.07, 6.45) is 1.99. The Balaban J connectivity index is 1.78. The lowest BCUT2D eigenvalue weighted by atomic mass is 10.1. The van der Waals surface area contributed by atoms with Crippen LogP contribution in [0.2, 0.25) is 0 Å². The number of para-hydroxylation sites is 1. The standard InChI is InChI=1S/C22H18N2OS2/c1-26-19-13-7-5-11-17(19)21(25)24(15-16-9-3-2-4-10-16)22-23-18-12-6-8-14-20(18)27-22/h2-14H,15H2,1H3. The quantitative estimate of drug-likeness (QED) is 0.400. The third-order valence-corrected chi connectivity index (χ3v) is 6.13. The Kier molecular flexibility index (Phi) is 5.23. The average Bonchev–Trinajstić information content (AvgIpc) is 3.16. The Labute approximate surface area is 166 Å². The summed E-state index contributed by atoms with van der Waals surface area (Å²) in [4.78, 5) is 21.0. The molecule has 0 fully saturated rings. The van der Waals surface area contributed by atoms with Gasteiger partial charge in [-0.15, -0.1) is 11.8 Å². The summed E-state index contributed by atoms with van der Waals surface area (Å²) in [5.41, 5.74) is 2.70. The molecule has 0 saturated carbocycles. The first-order valence-corrected chi connectivity index (χ1v) is 10.6. The van der Waals surface area contributed by atoms with Crippen LogP contribution in [0.5, 0.6) is 0 Å². The smallest absolute Gasteiger partial charge is 0.261 e. The molecule has 0 radical (unpaired) electrons. The largest absolute Gasteiger partial charge is 0.279 e. The number of anilines is 1. The number of nitrogens with zero attached hydrogens (tertiary/aromatic N) is 2. The third-order valence-electron chi connectivity index (χ3n) is 4.28. The van der Waals surface area contributed by atoms with Crippen molar-refractivity contribution in [1.29, 1.82) is 0 Å². The molecule has 4 aromatic rings. The van der Waals surface area contributed by atoms with Gasteiger partial charge in [-0.2, -0.15) is 0 Å². The van der Waals surface area contributed by atoms with Gasteiger partial charge in [0.1, 0.15) is 0 Å². The van der Waals surface area contributed by atoms with Gasteiger partial charge in [0.25, 0.3) is 5.91 Å². The van der Waals surface area contributed by atoms with Crippen LogP contribution in [0.4, 0.5) is 5.13 Å². The van der Waals surface area contributed by atoms with Gasteiger partial charge in [-0.25, -0.2) is 4.98 Å². The minimum absolute atomic E-state index is 0.0251. The number of carbonyl (C=O) groups excluding carboxylic acids is 1. The number of carbonyl (C=O) groups is 1. The summed E-state index contributed by atoms with van der Waals surface area (Å²) >= 11 is 3.13. The second-order valence-electron chi connectivity index (χ2n) is 6.04. The normalized spacial score (nSPS) is 10.9. The van der Waals surface area contributed by atoms with E-state index in [2.05, 4.69) is 0 Å². The number of aromatic nitrogens is 1. The van der Waals surface area contributed by atoms with Crippen LogP contribution in [-0.4, -0.2) is 17.1 Å². The molecule has 0 spiro atoms. The van der Waals surface area contributed by atoms with Gasteiger partial charge in [0.15, 0.2) is 5.13 Å². The predicted octanol–water partition coefficient (Wildman–Crippen LogP) is 5.87. The van der Waals surface area contributed by atoms with E-state index in [1.807, 2.05) is 85.1 Å². The van der Waals surface area contributed by atoms with Gasteiger partial charge in [0.05, 0.1) is 22.3 Å². The van der Waals surface area contributed by atoms with Gasteiger partial charge in [0.2, 0.25) is 0 Å². The highest BCUT2D eigenvalue weighted by Gasteiger charge is 2.23. The predicted molar refractivity (Wildman–Crippen MR) is 115 cm³/mol. The highest BCUT2D eigenvalue weighted by atomic mass is 32.2. The Morgan fingerprint density at radius 3 is 2.44 bits per heavy atom. The van der Waals surface area contributed by atoms with Crippen molar-refractivity contribution in [3.63, 3.8) is 0 Å². The summed E-state index contributed by atoms with van der Waals surface area (Å²) in [7, 11) is 0. The maximum Gasteiger partial charge on any atom is 0.261 e. The van der Waals surface area contributed by atoms with Crippen LogP contribution >= 0.6 is 23.1 Å². The van der Waals surface area contributed by atoms with Crippen molar-refractivity contribution in [1.82, 2.24) is 4.98 Å². The van der Waals surface area contributed by atoms with Crippen molar-refractivity contribution in [2.24, 2.45) is 0 Å². The number of thioether (sulfide) groups is 1. The zero-order chi connectivity index (χ0) is 18.6. The van der Waals surface area contributed by atoms with Crippen molar-refractivity contribution in [3.8, 4) is 0 Å². The molecule has 0 aliphatic carbocycles. The van der Waals surface area contributed by atoms with E-state index in [4.69, 9.17) is 4.98 Å². The Morgan fingerprint density at radius 2 is 1.67 bits per heavy atom. The summed E-state index contributed by atoms with van der Waals surface area (Å²) in [6, 6.07) is 25.8. The molecule has 27 heavy (non-hydrogen) atoms. The topological polar surface area (TPSA) is 33.2 Å². The van der Waals surface area contributed by atoms with E-state index in [1.165, 1.54) is 0 Å². The SMILES string of the molecule is CSc1ccccc1C(=O)N(Cc1ccccc1)c1nc2ccccc2s1. The molecular weight excluding hydrogens is 372 g/mol. The van der Waals surface area contributed by atoms with Crippen molar-refractivity contribution < 1.29 is 4.79 Å². The zero-order valence-corrected chi connectivity index (χ0v) is 16.5. The van der Waals surface area contributed by atoms with Crippen LogP contribution < -0.4 is 4.90 Å². The summed E-state index contributed by atoms with van der Waals surface area (Å²) in [5, 5.41) is 0.723. The molecule has 3 aromatic carbocycles. The van der Waals surface area contributed by atoms with Crippen LogP contribution in [0.3, 0.4) is 0 Å². The first-order chi connectivity index (χ1) is 13.3. The number of amides is 1. The highest BCUT2D eigenvalue weighted by molar-refractivity contribution is 7.98. The van der Waals surface area contributed by atoms with Crippen LogP contribution in [0.1, 0.15) is 15.9 Å². The van der Waals surface area contributed by atoms with Gasteiger partial charge in [-0.1, -0.05) is 65.9 Å². The molecule has 0 N–H and O–H groups in total. The van der Waals surface area contributed by atoms with Gasteiger partial charge in [-0.3, -0.25) is 9.69 Å². The fourth-order valence-corrected chi connectivity index (χ4v) is 4.49. The molecule has 1 heterocycles. The Hall–Kier alpha value is -2.63. The van der Waals surface area contributed by atoms with Gasteiger partial charge in [0, 0.05) is 4.90 Å². The number of benzene rings is 3. The van der Waals surface area contributed by atoms with Gasteiger partial charge in [-0.05, 0) is 36.1 Å². The molecule has 0 atom stereocenters. The second-order valence-corrected chi connectivity index (χ2v) is 7.90. The van der Waals surface area contributed by atoms with Crippen LogP contribution in [0.15, 0.2) is 83.8 Å². The second kappa shape index (κ2) is 7.94. The molecule has 0 saturated heterocycles. The molecule has 4 rings (SSSR count). The molecule has 0 bridgehead atoms. The van der Waals surface area contributed by atoms with Crippen molar-refractivity contribution in [2.45, 2.75) is 11.4 Å². The van der Waals surface area contributed by atoms with E-state index in [0.29, 0.717) is 12.1 Å². The molecule has 0 aliphatic heterocycles. The molecule has 3 nitrogen and oxygen atoms in total. The maximum absolute atomic E-state index is 13.5. The van der Waals surface area contributed by atoms with Crippen LogP contribution in [0.25, 0.3) is 10.2 Å². The van der Waals surface area contributed by atoms with Crippen LogP contribution in [0, 0.1) is 0 Å². The lowest BCUT2D eigenvalue weighted by molar-refractivity contribution is 0.0982. The number of hydrogen-bond acceptors (Lipinski definition) is 4. The number of thiazole rings is 1. The third kappa shape index (κ3) is 3.75. The zero-order valence-electron chi connectivity index (χ0n) is 14.8. The van der Waals surface area contributed by atoms with E-state index in [9.17, 15) is 4.79 Å². The van der Waals surface area contributed by atoms with E-state index >= 15 is 0 Å². The van der Waals surface area contributed by atoms with Crippen molar-refractivity contribution >= 4 is 44.4 Å². The lowest BCUT2D eigenvalue weighted by Gasteiger charge is -2.21. The fraction of sp³-hybridized carbons (Fsp3) is 0.0909. The van der Waals surface area contributed by atoms with E-state index in [0.717, 1.165) is 25.8 Å². The summed E-state index contributed by atoms with van der Waals surface area (Å²) < 4.78 is 1.08. The average molecular weight is 391 g/mol. The minimum Gasteiger partial charge on any atom is -0.279 e. The number of rotatable bonds is 5. The van der Waals surface area contributed by atoms with E-state index < -0.39 is 0 Å². The lowest BCUT2D eigenvalue weighted by Crippen LogP contribution is -2.30. The molecular formula is C22H18N2OS2. The first kappa shape index (κ1) is 17.8. The van der Waals surface area contributed by atoms with Gasteiger partial charge >= 0.3 is 0 Å². The molecule has 0 aliphatic rings. The molecule has 1 aromatic heterocycles. The highest BCUT2D eigenvalue weighted by Crippen LogP contribution is 2.32. The fourth-order valence-electron chi connectivity index (χ4n) is 2.93. The summed E-state index contributed by atoms with van der Waals surface area (Å²) in [6.45, 7) is 0.488. The van der Waals surface area contributed by atoms with Crippen molar-refractivity contribution in [3.05, 3.63) is 90.0 Å². The van der Waals surface area contributed by atoms with Crippen molar-refractivity contribution in [2.75, 3.05) is 11.2 Å². The number of fused-ring (bicyclic) bond motifs is 1. The Morgan fingerprint density at radius 1 is 0.963 bits per heavy atom. The van der Waals surface area contributed by atoms with E-state index in [-0.39, 0.29) is 5.91 Å². The summed E-state index contributed by atoms with van der Waals surface area (Å²) in [5.74, 6) is -0.0251. The van der Waals surface area contributed by atoms with E-state index in [1.54, 1.807) is 28.0 Å². The first-order valence-electron chi connectivity index (χ1n) is 8.60. The monoisotopic (exact) mass is 390 g/mol. The van der Waals surface area contributed by atoms with Gasteiger partial charge < -0.3 is 0 Å². The Bertz CT molecular complexity index is 1040.